The van der Waals surface area contributed by atoms with Gasteiger partial charge >= 0.3 is 0 Å². The number of hydrogen-bond donors (Lipinski definition) is 3. The normalized spacial score (nSPS) is 11.3. The molecular weight excluding hydrogens is 353 g/mol. The molecule has 2 aromatic rings. The predicted octanol–water partition coefficient (Wildman–Crippen LogP) is 2.30. The van der Waals surface area contributed by atoms with Crippen LogP contribution >= 0.6 is 11.3 Å². The molecule has 1 amide bonds. The molecule has 0 saturated carbocycles. The van der Waals surface area contributed by atoms with Crippen LogP contribution < -0.4 is 16.0 Å². The van der Waals surface area contributed by atoms with Gasteiger partial charge in [-0.1, -0.05) is 6.07 Å². The summed E-state index contributed by atoms with van der Waals surface area (Å²) in [7, 11) is 1.69. The highest BCUT2D eigenvalue weighted by atomic mass is 32.1. The van der Waals surface area contributed by atoms with Crippen LogP contribution in [0.5, 0.6) is 0 Å². The van der Waals surface area contributed by atoms with Crippen molar-refractivity contribution in [2.75, 3.05) is 20.1 Å². The SMILES string of the molecule is CN=C(NCCNC(=O)c1ccc(C)c(F)c1)NCc1sc(C)nc1C. The zero-order valence-corrected chi connectivity index (χ0v) is 16.3. The fourth-order valence-electron chi connectivity index (χ4n) is 2.32. The van der Waals surface area contributed by atoms with Crippen LogP contribution in [0.25, 0.3) is 0 Å². The monoisotopic (exact) mass is 377 g/mol. The number of carbonyl (C=O) groups is 1. The molecule has 0 aliphatic rings. The number of aryl methyl sites for hydroxylation is 3. The highest BCUT2D eigenvalue weighted by Crippen LogP contribution is 2.16. The van der Waals surface area contributed by atoms with Crippen molar-refractivity contribution in [3.8, 4) is 0 Å². The number of nitrogens with one attached hydrogen (secondary N) is 3. The third kappa shape index (κ3) is 5.52. The van der Waals surface area contributed by atoms with Crippen LogP contribution in [-0.2, 0) is 6.54 Å². The summed E-state index contributed by atoms with van der Waals surface area (Å²) in [6, 6.07) is 4.45. The Kier molecular flexibility index (Phi) is 7.08. The molecule has 0 radical (unpaired) electrons. The molecular formula is C18H24FN5OS. The first-order valence-corrected chi connectivity index (χ1v) is 9.14. The lowest BCUT2D eigenvalue weighted by molar-refractivity contribution is 0.0954. The van der Waals surface area contributed by atoms with Crippen molar-refractivity contribution in [1.29, 1.82) is 0 Å². The highest BCUT2D eigenvalue weighted by Gasteiger charge is 2.08. The van der Waals surface area contributed by atoms with Gasteiger partial charge < -0.3 is 16.0 Å². The molecule has 0 unspecified atom stereocenters. The van der Waals surface area contributed by atoms with E-state index in [1.54, 1.807) is 37.4 Å². The average molecular weight is 377 g/mol. The van der Waals surface area contributed by atoms with Gasteiger partial charge in [-0.25, -0.2) is 9.37 Å². The number of halogens is 1. The van der Waals surface area contributed by atoms with E-state index in [1.807, 2.05) is 13.8 Å². The maximum absolute atomic E-state index is 13.5. The van der Waals surface area contributed by atoms with E-state index in [1.165, 1.54) is 10.9 Å². The van der Waals surface area contributed by atoms with Gasteiger partial charge in [0.15, 0.2) is 5.96 Å². The number of amides is 1. The Hall–Kier alpha value is -2.48. The number of carbonyl (C=O) groups excluding carboxylic acids is 1. The molecule has 0 aliphatic carbocycles. The van der Waals surface area contributed by atoms with Crippen molar-refractivity contribution in [2.45, 2.75) is 27.3 Å². The minimum absolute atomic E-state index is 0.301. The lowest BCUT2D eigenvalue weighted by Gasteiger charge is -2.12. The number of rotatable bonds is 6. The van der Waals surface area contributed by atoms with Crippen LogP contribution in [0.4, 0.5) is 4.39 Å². The Balaban J connectivity index is 1.74. The van der Waals surface area contributed by atoms with Gasteiger partial charge in [0.05, 0.1) is 17.2 Å². The first-order chi connectivity index (χ1) is 12.4. The Morgan fingerprint density at radius 1 is 1.19 bits per heavy atom. The molecule has 2 rings (SSSR count). The second-order valence-electron chi connectivity index (χ2n) is 5.81. The molecule has 1 aromatic heterocycles. The third-order valence-electron chi connectivity index (χ3n) is 3.78. The van der Waals surface area contributed by atoms with Gasteiger partial charge in [0, 0.05) is 30.6 Å². The zero-order chi connectivity index (χ0) is 19.1. The fraction of sp³-hybridized carbons (Fsp3) is 0.389. The molecule has 0 aliphatic heterocycles. The van der Waals surface area contributed by atoms with Crippen LogP contribution in [0, 0.1) is 26.6 Å². The van der Waals surface area contributed by atoms with E-state index < -0.39 is 0 Å². The van der Waals surface area contributed by atoms with Crippen LogP contribution in [-0.4, -0.2) is 37.0 Å². The Labute approximate surface area is 157 Å². The van der Waals surface area contributed by atoms with E-state index in [-0.39, 0.29) is 11.7 Å². The van der Waals surface area contributed by atoms with E-state index in [2.05, 4.69) is 25.9 Å². The second-order valence-corrected chi connectivity index (χ2v) is 7.10. The van der Waals surface area contributed by atoms with Gasteiger partial charge in [-0.05, 0) is 38.5 Å². The molecule has 0 bridgehead atoms. The molecule has 8 heteroatoms. The number of benzene rings is 1. The van der Waals surface area contributed by atoms with Gasteiger partial charge in [-0.3, -0.25) is 9.79 Å². The lowest BCUT2D eigenvalue weighted by Crippen LogP contribution is -2.41. The quantitative estimate of drug-likeness (QED) is 0.410. The van der Waals surface area contributed by atoms with Crippen molar-refractivity contribution in [1.82, 2.24) is 20.9 Å². The van der Waals surface area contributed by atoms with Gasteiger partial charge in [-0.15, -0.1) is 11.3 Å². The number of thiazole rings is 1. The molecule has 1 heterocycles. The van der Waals surface area contributed by atoms with Crippen molar-refractivity contribution < 1.29 is 9.18 Å². The van der Waals surface area contributed by atoms with E-state index in [0.717, 1.165) is 10.7 Å². The smallest absolute Gasteiger partial charge is 0.251 e. The topological polar surface area (TPSA) is 78.4 Å². The number of hydrogen-bond acceptors (Lipinski definition) is 4. The molecule has 26 heavy (non-hydrogen) atoms. The summed E-state index contributed by atoms with van der Waals surface area (Å²) in [6.07, 6.45) is 0. The van der Waals surface area contributed by atoms with Gasteiger partial charge in [0.25, 0.3) is 5.91 Å². The van der Waals surface area contributed by atoms with Crippen molar-refractivity contribution in [3.63, 3.8) is 0 Å². The molecule has 0 fully saturated rings. The van der Waals surface area contributed by atoms with Gasteiger partial charge in [0.2, 0.25) is 0 Å². The standard InChI is InChI=1S/C18H24FN5OS/c1-11-5-6-14(9-15(11)19)17(25)21-7-8-22-18(20-4)23-10-16-12(2)24-13(3)26-16/h5-6,9H,7-8,10H2,1-4H3,(H,21,25)(H2,20,22,23). The van der Waals surface area contributed by atoms with Crippen LogP contribution in [0.3, 0.4) is 0 Å². The maximum Gasteiger partial charge on any atom is 0.251 e. The summed E-state index contributed by atoms with van der Waals surface area (Å²) < 4.78 is 13.5. The summed E-state index contributed by atoms with van der Waals surface area (Å²) in [6.45, 7) is 7.17. The Bertz CT molecular complexity index is 803. The van der Waals surface area contributed by atoms with E-state index in [9.17, 15) is 9.18 Å². The molecule has 3 N–H and O–H groups in total. The molecule has 140 valence electrons. The van der Waals surface area contributed by atoms with E-state index in [0.29, 0.717) is 36.7 Å². The van der Waals surface area contributed by atoms with Crippen molar-refractivity contribution >= 4 is 23.2 Å². The second kappa shape index (κ2) is 9.28. The summed E-state index contributed by atoms with van der Waals surface area (Å²) in [5.74, 6) is -0.0375. The Morgan fingerprint density at radius 2 is 1.92 bits per heavy atom. The lowest BCUT2D eigenvalue weighted by atomic mass is 10.1. The first-order valence-electron chi connectivity index (χ1n) is 8.32. The minimum Gasteiger partial charge on any atom is -0.355 e. The predicted molar refractivity (Wildman–Crippen MR) is 103 cm³/mol. The van der Waals surface area contributed by atoms with Gasteiger partial charge in [-0.2, -0.15) is 0 Å². The maximum atomic E-state index is 13.5. The summed E-state index contributed by atoms with van der Waals surface area (Å²) in [5.41, 5.74) is 1.85. The molecule has 0 saturated heterocycles. The minimum atomic E-state index is -0.381. The summed E-state index contributed by atoms with van der Waals surface area (Å²) in [4.78, 5) is 21.7. The van der Waals surface area contributed by atoms with E-state index >= 15 is 0 Å². The van der Waals surface area contributed by atoms with E-state index in [4.69, 9.17) is 0 Å². The fourth-order valence-corrected chi connectivity index (χ4v) is 3.19. The zero-order valence-electron chi connectivity index (χ0n) is 15.4. The van der Waals surface area contributed by atoms with Crippen molar-refractivity contribution in [2.24, 2.45) is 4.99 Å². The molecule has 1 aromatic carbocycles. The largest absolute Gasteiger partial charge is 0.355 e. The molecule has 0 spiro atoms. The average Bonchev–Trinajstić information content (AvgIpc) is 2.93. The van der Waals surface area contributed by atoms with Crippen LogP contribution in [0.2, 0.25) is 0 Å². The first kappa shape index (κ1) is 19.8. The number of aliphatic imine (C=N–C) groups is 1. The summed E-state index contributed by atoms with van der Waals surface area (Å²) in [5, 5.41) is 10.1. The third-order valence-corrected chi connectivity index (χ3v) is 4.85. The molecule has 6 nitrogen and oxygen atoms in total. The Morgan fingerprint density at radius 3 is 2.54 bits per heavy atom. The van der Waals surface area contributed by atoms with Crippen LogP contribution in [0.15, 0.2) is 23.2 Å². The van der Waals surface area contributed by atoms with Crippen molar-refractivity contribution in [3.05, 3.63) is 50.7 Å². The highest BCUT2D eigenvalue weighted by molar-refractivity contribution is 7.11. The summed E-state index contributed by atoms with van der Waals surface area (Å²) >= 11 is 1.65. The molecule has 0 atom stereocenters. The van der Waals surface area contributed by atoms with Gasteiger partial charge in [0.1, 0.15) is 5.82 Å². The number of nitrogens with zero attached hydrogens (tertiary/aromatic N) is 2. The van der Waals surface area contributed by atoms with Crippen LogP contribution in [0.1, 0.15) is 31.5 Å². The number of aromatic nitrogens is 1. The number of guanidine groups is 1.